The third-order valence-electron chi connectivity index (χ3n) is 6.33. The highest BCUT2D eigenvalue weighted by molar-refractivity contribution is 7.89. The van der Waals surface area contributed by atoms with Gasteiger partial charge in [0.05, 0.1) is 34.6 Å². The van der Waals surface area contributed by atoms with Crippen LogP contribution in [0.1, 0.15) is 45.1 Å². The monoisotopic (exact) mass is 584 g/mol. The number of carbonyl (C=O) groups excluding carboxylic acids is 1. The largest absolute Gasteiger partial charge is 0.419 e. The fourth-order valence-electron chi connectivity index (χ4n) is 4.38. The number of nitrogens with one attached hydrogen (secondary N) is 2. The standard InChI is InChI=1S/C25H28F4N6O4S/c1-24(2,37)14-35-12-16(10-31-35)22-19(25(27,28)29)11-30-23(33-22)32-21-8-7-18(9-20(21)26)40(38,39)34-17-5-3-15(13-36)4-6-17/h7-13,15,17,34,37H,3-6,14H2,1-2H3,(H,30,32,33). The summed E-state index contributed by atoms with van der Waals surface area (Å²) in [5.74, 6) is -1.45. The summed E-state index contributed by atoms with van der Waals surface area (Å²) in [4.78, 5) is 18.2. The Morgan fingerprint density at radius 3 is 2.45 bits per heavy atom. The van der Waals surface area contributed by atoms with E-state index in [4.69, 9.17) is 0 Å². The molecule has 2 aromatic heterocycles. The van der Waals surface area contributed by atoms with Crippen LogP contribution in [0, 0.1) is 11.7 Å². The van der Waals surface area contributed by atoms with Crippen LogP contribution in [-0.2, 0) is 27.5 Å². The Hall–Kier alpha value is -3.43. The first kappa shape index (κ1) is 29.6. The third kappa shape index (κ3) is 7.20. The quantitative estimate of drug-likeness (QED) is 0.253. The molecule has 4 rings (SSSR count). The molecule has 1 aliphatic rings. The number of benzene rings is 1. The fraction of sp³-hybridized carbons (Fsp3) is 0.440. The van der Waals surface area contributed by atoms with Crippen LogP contribution >= 0.6 is 0 Å². The Labute approximate surface area is 227 Å². The molecule has 15 heteroatoms. The number of aliphatic hydroxyl groups is 1. The highest BCUT2D eigenvalue weighted by Crippen LogP contribution is 2.36. The van der Waals surface area contributed by atoms with E-state index in [9.17, 15) is 35.9 Å². The van der Waals surface area contributed by atoms with E-state index in [-0.39, 0.29) is 40.6 Å². The number of alkyl halides is 3. The second-order valence-electron chi connectivity index (χ2n) is 10.3. The molecule has 10 nitrogen and oxygen atoms in total. The summed E-state index contributed by atoms with van der Waals surface area (Å²) in [7, 11) is -4.06. The lowest BCUT2D eigenvalue weighted by atomic mass is 9.87. The molecule has 0 saturated heterocycles. The van der Waals surface area contributed by atoms with E-state index in [1.807, 2.05) is 0 Å². The van der Waals surface area contributed by atoms with Gasteiger partial charge in [0, 0.05) is 29.9 Å². The third-order valence-corrected chi connectivity index (χ3v) is 7.85. The molecule has 0 amide bonds. The number of anilines is 2. The van der Waals surface area contributed by atoms with Gasteiger partial charge in [-0.15, -0.1) is 0 Å². The van der Waals surface area contributed by atoms with Crippen LogP contribution in [0.3, 0.4) is 0 Å². The minimum absolute atomic E-state index is 0.00260. The molecule has 0 bridgehead atoms. The fourth-order valence-corrected chi connectivity index (χ4v) is 5.70. The highest BCUT2D eigenvalue weighted by atomic mass is 32.2. The second kappa shape index (κ2) is 11.2. The first-order valence-electron chi connectivity index (χ1n) is 12.4. The van der Waals surface area contributed by atoms with Crippen molar-refractivity contribution in [2.75, 3.05) is 5.32 Å². The Bertz CT molecular complexity index is 1480. The zero-order valence-corrected chi connectivity index (χ0v) is 22.4. The van der Waals surface area contributed by atoms with E-state index in [0.29, 0.717) is 31.9 Å². The van der Waals surface area contributed by atoms with E-state index < -0.39 is 38.9 Å². The lowest BCUT2D eigenvalue weighted by Crippen LogP contribution is -2.37. The van der Waals surface area contributed by atoms with Gasteiger partial charge in [-0.2, -0.15) is 18.3 Å². The number of rotatable bonds is 9. The first-order chi connectivity index (χ1) is 18.6. The smallest absolute Gasteiger partial charge is 0.389 e. The van der Waals surface area contributed by atoms with Crippen LogP contribution in [0.4, 0.5) is 29.2 Å². The lowest BCUT2D eigenvalue weighted by Gasteiger charge is -2.26. The van der Waals surface area contributed by atoms with Crippen molar-refractivity contribution >= 4 is 27.9 Å². The number of sulfonamides is 1. The zero-order chi connectivity index (χ0) is 29.3. The van der Waals surface area contributed by atoms with Crippen molar-refractivity contribution in [3.63, 3.8) is 0 Å². The maximum atomic E-state index is 14.9. The maximum absolute atomic E-state index is 14.9. The van der Waals surface area contributed by atoms with Gasteiger partial charge in [-0.25, -0.2) is 27.5 Å². The van der Waals surface area contributed by atoms with Crippen LogP contribution in [0.15, 0.2) is 41.7 Å². The molecule has 0 atom stereocenters. The minimum atomic E-state index is -4.80. The van der Waals surface area contributed by atoms with Gasteiger partial charge < -0.3 is 15.2 Å². The van der Waals surface area contributed by atoms with Gasteiger partial charge in [0.1, 0.15) is 17.7 Å². The Morgan fingerprint density at radius 2 is 1.85 bits per heavy atom. The average Bonchev–Trinajstić information content (AvgIpc) is 3.31. The van der Waals surface area contributed by atoms with Crippen molar-refractivity contribution in [3.8, 4) is 11.3 Å². The van der Waals surface area contributed by atoms with Crippen molar-refractivity contribution in [2.45, 2.75) is 68.8 Å². The number of carbonyl (C=O) groups is 1. The molecule has 2 heterocycles. The number of aldehydes is 1. The lowest BCUT2D eigenvalue weighted by molar-refractivity contribution is -0.137. The van der Waals surface area contributed by atoms with Crippen molar-refractivity contribution < 1.29 is 35.9 Å². The molecule has 0 aliphatic heterocycles. The van der Waals surface area contributed by atoms with Crippen molar-refractivity contribution in [3.05, 3.63) is 48.2 Å². The maximum Gasteiger partial charge on any atom is 0.419 e. The molecular formula is C25H28F4N6O4S. The van der Waals surface area contributed by atoms with Crippen LogP contribution in [0.25, 0.3) is 11.3 Å². The van der Waals surface area contributed by atoms with Gasteiger partial charge in [-0.05, 0) is 57.7 Å². The van der Waals surface area contributed by atoms with Gasteiger partial charge in [-0.1, -0.05) is 0 Å². The predicted octanol–water partition coefficient (Wildman–Crippen LogP) is 4.05. The molecule has 3 aromatic rings. The van der Waals surface area contributed by atoms with Gasteiger partial charge in [0.25, 0.3) is 0 Å². The van der Waals surface area contributed by atoms with Gasteiger partial charge >= 0.3 is 6.18 Å². The predicted molar refractivity (Wildman–Crippen MR) is 136 cm³/mol. The topological polar surface area (TPSA) is 139 Å². The summed E-state index contributed by atoms with van der Waals surface area (Å²) < 4.78 is 85.3. The normalized spacial score (nSPS) is 18.5. The minimum Gasteiger partial charge on any atom is -0.389 e. The number of hydrogen-bond donors (Lipinski definition) is 3. The molecule has 3 N–H and O–H groups in total. The molecule has 1 saturated carbocycles. The summed E-state index contributed by atoms with van der Waals surface area (Å²) in [6, 6.07) is 2.67. The molecule has 1 aliphatic carbocycles. The van der Waals surface area contributed by atoms with Gasteiger partial charge in [0.2, 0.25) is 16.0 Å². The summed E-state index contributed by atoms with van der Waals surface area (Å²) in [6.07, 6.45) is 1.14. The van der Waals surface area contributed by atoms with Crippen LogP contribution < -0.4 is 10.0 Å². The van der Waals surface area contributed by atoms with E-state index >= 15 is 0 Å². The molecule has 1 aromatic carbocycles. The summed E-state index contributed by atoms with van der Waals surface area (Å²) in [6.45, 7) is 3.05. The second-order valence-corrected chi connectivity index (χ2v) is 12.0. The summed E-state index contributed by atoms with van der Waals surface area (Å²) in [5.41, 5.74) is -3.08. The molecular weight excluding hydrogens is 556 g/mol. The Morgan fingerprint density at radius 1 is 1.15 bits per heavy atom. The van der Waals surface area contributed by atoms with Crippen LogP contribution in [-0.4, -0.2) is 51.2 Å². The zero-order valence-electron chi connectivity index (χ0n) is 21.6. The van der Waals surface area contributed by atoms with Crippen LogP contribution in [0.5, 0.6) is 0 Å². The average molecular weight is 585 g/mol. The Kier molecular flexibility index (Phi) is 8.28. The van der Waals surface area contributed by atoms with E-state index in [1.54, 1.807) is 0 Å². The van der Waals surface area contributed by atoms with Crippen molar-refractivity contribution in [1.29, 1.82) is 0 Å². The van der Waals surface area contributed by atoms with E-state index in [1.165, 1.54) is 24.7 Å². The summed E-state index contributed by atoms with van der Waals surface area (Å²) >= 11 is 0. The number of hydrogen-bond acceptors (Lipinski definition) is 8. The first-order valence-corrected chi connectivity index (χ1v) is 13.9. The molecule has 0 radical (unpaired) electrons. The molecule has 1 fully saturated rings. The number of aromatic nitrogens is 4. The van der Waals surface area contributed by atoms with Crippen molar-refractivity contribution in [2.24, 2.45) is 5.92 Å². The molecule has 0 unspecified atom stereocenters. The molecule has 40 heavy (non-hydrogen) atoms. The van der Waals surface area contributed by atoms with E-state index in [0.717, 1.165) is 30.7 Å². The molecule has 216 valence electrons. The highest BCUT2D eigenvalue weighted by Gasteiger charge is 2.36. The van der Waals surface area contributed by atoms with Gasteiger partial charge in [0.15, 0.2) is 0 Å². The number of halogens is 4. The SMILES string of the molecule is CC(C)(O)Cn1cc(-c2nc(Nc3ccc(S(=O)(=O)NC4CCC(C=O)CC4)cc3F)ncc2C(F)(F)F)cn1. The van der Waals surface area contributed by atoms with Crippen LogP contribution in [0.2, 0.25) is 0 Å². The Balaban J connectivity index is 1.56. The van der Waals surface area contributed by atoms with E-state index in [2.05, 4.69) is 25.1 Å². The van der Waals surface area contributed by atoms with Crippen molar-refractivity contribution in [1.82, 2.24) is 24.5 Å². The van der Waals surface area contributed by atoms with Gasteiger partial charge in [-0.3, -0.25) is 4.68 Å². The summed E-state index contributed by atoms with van der Waals surface area (Å²) in [5, 5.41) is 16.5. The molecule has 0 spiro atoms. The number of nitrogens with zero attached hydrogens (tertiary/aromatic N) is 4.